The van der Waals surface area contributed by atoms with Crippen LogP contribution in [-0.2, 0) is 16.4 Å². The summed E-state index contributed by atoms with van der Waals surface area (Å²) >= 11 is 0. The predicted octanol–water partition coefficient (Wildman–Crippen LogP) is 2.98. The van der Waals surface area contributed by atoms with Crippen LogP contribution >= 0.6 is 0 Å². The molecule has 2 aromatic rings. The van der Waals surface area contributed by atoms with E-state index in [1.807, 2.05) is 6.92 Å². The minimum Gasteiger partial charge on any atom is -0.495 e. The van der Waals surface area contributed by atoms with E-state index >= 15 is 0 Å². The summed E-state index contributed by atoms with van der Waals surface area (Å²) in [5.41, 5.74) is 1.96. The molecule has 2 aromatic carbocycles. The molecule has 1 aliphatic heterocycles. The number of methoxy groups -OCH3 is 1. The summed E-state index contributed by atoms with van der Waals surface area (Å²) < 4.78 is 33.3. The Bertz CT molecular complexity index is 944. The van der Waals surface area contributed by atoms with Crippen LogP contribution in [0.4, 0.5) is 16.2 Å². The Kier molecular flexibility index (Phi) is 5.55. The summed E-state index contributed by atoms with van der Waals surface area (Å²) in [6.45, 7) is 3.14. The Hall–Kier alpha value is -2.74. The average molecular weight is 389 g/mol. The number of carbonyl (C=O) groups excluding carboxylic acids is 1. The van der Waals surface area contributed by atoms with E-state index in [0.29, 0.717) is 30.9 Å². The number of rotatable bonds is 6. The molecule has 0 unspecified atom stereocenters. The number of amides is 2. The number of fused-ring (bicyclic) bond motifs is 1. The number of nitrogens with zero attached hydrogens (tertiary/aromatic N) is 1. The van der Waals surface area contributed by atoms with Crippen LogP contribution in [-0.4, -0.2) is 34.6 Å². The monoisotopic (exact) mass is 389 g/mol. The highest BCUT2D eigenvalue weighted by molar-refractivity contribution is 7.92. The number of para-hydroxylation sites is 2. The Balaban J connectivity index is 1.83. The van der Waals surface area contributed by atoms with Gasteiger partial charge >= 0.3 is 6.03 Å². The lowest BCUT2D eigenvalue weighted by Gasteiger charge is -2.18. The lowest BCUT2D eigenvalue weighted by atomic mass is 10.2. The lowest BCUT2D eigenvalue weighted by molar-refractivity contribution is 0.247. The highest BCUT2D eigenvalue weighted by Gasteiger charge is 2.26. The third-order valence-electron chi connectivity index (χ3n) is 4.38. The third-order valence-corrected chi connectivity index (χ3v) is 5.74. The van der Waals surface area contributed by atoms with Crippen LogP contribution in [0.2, 0.25) is 0 Å². The molecule has 0 aliphatic carbocycles. The lowest BCUT2D eigenvalue weighted by Crippen LogP contribution is -2.39. The molecule has 0 atom stereocenters. The second kappa shape index (κ2) is 7.87. The summed E-state index contributed by atoms with van der Waals surface area (Å²) in [4.78, 5) is 14.0. The Labute approximate surface area is 159 Å². The smallest absolute Gasteiger partial charge is 0.321 e. The Morgan fingerprint density at radius 1 is 1.22 bits per heavy atom. The number of sulfonamides is 1. The fourth-order valence-electron chi connectivity index (χ4n) is 3.02. The van der Waals surface area contributed by atoms with Gasteiger partial charge in [0, 0.05) is 18.8 Å². The van der Waals surface area contributed by atoms with Crippen molar-refractivity contribution < 1.29 is 17.9 Å². The Morgan fingerprint density at radius 2 is 2.00 bits per heavy atom. The molecule has 0 spiro atoms. The zero-order chi connectivity index (χ0) is 19.4. The number of hydrogen-bond donors (Lipinski definition) is 2. The average Bonchev–Trinajstić information content (AvgIpc) is 3.09. The number of hydrogen-bond acceptors (Lipinski definition) is 4. The van der Waals surface area contributed by atoms with Gasteiger partial charge in [0.15, 0.2) is 0 Å². The SMILES string of the molecule is CCCNC(=O)N1CCc2cc(S(=O)(=O)Nc3ccccc3OC)ccc21. The molecule has 0 fully saturated rings. The predicted molar refractivity (Wildman–Crippen MR) is 105 cm³/mol. The number of carbonyl (C=O) groups is 1. The molecule has 2 amide bonds. The van der Waals surface area contributed by atoms with Gasteiger partial charge in [-0.2, -0.15) is 0 Å². The van der Waals surface area contributed by atoms with Crippen molar-refractivity contribution in [1.82, 2.24) is 5.32 Å². The molecule has 0 aromatic heterocycles. The van der Waals surface area contributed by atoms with E-state index in [0.717, 1.165) is 17.7 Å². The maximum absolute atomic E-state index is 12.8. The Morgan fingerprint density at radius 3 is 2.74 bits per heavy atom. The van der Waals surface area contributed by atoms with Crippen LogP contribution in [0.25, 0.3) is 0 Å². The zero-order valence-corrected chi connectivity index (χ0v) is 16.2. The molecule has 1 aliphatic rings. The van der Waals surface area contributed by atoms with Gasteiger partial charge in [-0.1, -0.05) is 19.1 Å². The van der Waals surface area contributed by atoms with Gasteiger partial charge in [0.25, 0.3) is 10.0 Å². The molecule has 144 valence electrons. The minimum absolute atomic E-state index is 0.154. The van der Waals surface area contributed by atoms with Crippen molar-refractivity contribution in [3.63, 3.8) is 0 Å². The molecule has 1 heterocycles. The molecular weight excluding hydrogens is 366 g/mol. The molecule has 0 bridgehead atoms. The van der Waals surface area contributed by atoms with Gasteiger partial charge in [-0.15, -0.1) is 0 Å². The van der Waals surface area contributed by atoms with E-state index in [1.54, 1.807) is 41.3 Å². The molecule has 2 N–H and O–H groups in total. The maximum Gasteiger partial charge on any atom is 0.321 e. The van der Waals surface area contributed by atoms with Crippen molar-refractivity contribution >= 4 is 27.4 Å². The van der Waals surface area contributed by atoms with Crippen LogP contribution in [0.1, 0.15) is 18.9 Å². The summed E-state index contributed by atoms with van der Waals surface area (Å²) in [7, 11) is -2.28. The number of ether oxygens (including phenoxy) is 1. The van der Waals surface area contributed by atoms with Crippen LogP contribution in [0.15, 0.2) is 47.4 Å². The second-order valence-electron chi connectivity index (χ2n) is 6.23. The summed E-state index contributed by atoms with van der Waals surface area (Å²) in [6, 6.07) is 11.5. The molecule has 0 saturated carbocycles. The second-order valence-corrected chi connectivity index (χ2v) is 7.91. The molecular formula is C19H23N3O4S. The van der Waals surface area contributed by atoms with E-state index in [2.05, 4.69) is 10.0 Å². The van der Waals surface area contributed by atoms with Gasteiger partial charge in [0.1, 0.15) is 5.75 Å². The van der Waals surface area contributed by atoms with Crippen molar-refractivity contribution in [2.45, 2.75) is 24.7 Å². The van der Waals surface area contributed by atoms with Crippen molar-refractivity contribution in [3.8, 4) is 5.75 Å². The standard InChI is InChI=1S/C19H23N3O4S/c1-3-11-20-19(23)22-12-10-14-13-15(8-9-17(14)22)27(24,25)21-16-6-4-5-7-18(16)26-2/h4-9,13,21H,3,10-12H2,1-2H3,(H,20,23). The summed E-state index contributed by atoms with van der Waals surface area (Å²) in [5.74, 6) is 0.445. The molecule has 0 radical (unpaired) electrons. The largest absolute Gasteiger partial charge is 0.495 e. The molecule has 27 heavy (non-hydrogen) atoms. The molecule has 7 nitrogen and oxygen atoms in total. The quantitative estimate of drug-likeness (QED) is 0.795. The zero-order valence-electron chi connectivity index (χ0n) is 15.4. The number of anilines is 2. The number of benzene rings is 2. The topological polar surface area (TPSA) is 87.7 Å². The maximum atomic E-state index is 12.8. The van der Waals surface area contributed by atoms with Crippen LogP contribution in [0, 0.1) is 0 Å². The third kappa shape index (κ3) is 4.00. The normalized spacial score (nSPS) is 13.2. The van der Waals surface area contributed by atoms with E-state index in [4.69, 9.17) is 4.74 Å². The van der Waals surface area contributed by atoms with Crippen LogP contribution in [0.3, 0.4) is 0 Å². The van der Waals surface area contributed by atoms with E-state index in [-0.39, 0.29) is 10.9 Å². The summed E-state index contributed by atoms with van der Waals surface area (Å²) in [5, 5.41) is 2.85. The van der Waals surface area contributed by atoms with Gasteiger partial charge < -0.3 is 10.1 Å². The highest BCUT2D eigenvalue weighted by Crippen LogP contribution is 2.32. The van der Waals surface area contributed by atoms with Crippen molar-refractivity contribution in [1.29, 1.82) is 0 Å². The number of urea groups is 1. The first-order valence-electron chi connectivity index (χ1n) is 8.80. The first kappa shape index (κ1) is 19.0. The van der Waals surface area contributed by atoms with Gasteiger partial charge in [-0.05, 0) is 48.7 Å². The molecule has 8 heteroatoms. The van der Waals surface area contributed by atoms with Gasteiger partial charge in [0.2, 0.25) is 0 Å². The fourth-order valence-corrected chi connectivity index (χ4v) is 4.14. The first-order chi connectivity index (χ1) is 13.0. The van der Waals surface area contributed by atoms with Gasteiger partial charge in [-0.3, -0.25) is 9.62 Å². The van der Waals surface area contributed by atoms with Crippen LogP contribution in [0.5, 0.6) is 5.75 Å². The van der Waals surface area contributed by atoms with E-state index in [1.165, 1.54) is 13.2 Å². The molecule has 3 rings (SSSR count). The number of nitrogens with one attached hydrogen (secondary N) is 2. The highest BCUT2D eigenvalue weighted by atomic mass is 32.2. The fraction of sp³-hybridized carbons (Fsp3) is 0.316. The minimum atomic E-state index is -3.77. The van der Waals surface area contributed by atoms with Gasteiger partial charge in [-0.25, -0.2) is 13.2 Å². The van der Waals surface area contributed by atoms with Crippen molar-refractivity contribution in [2.24, 2.45) is 0 Å². The first-order valence-corrected chi connectivity index (χ1v) is 10.3. The van der Waals surface area contributed by atoms with Crippen LogP contribution < -0.4 is 19.7 Å². The van der Waals surface area contributed by atoms with E-state index in [9.17, 15) is 13.2 Å². The van der Waals surface area contributed by atoms with E-state index < -0.39 is 10.0 Å². The van der Waals surface area contributed by atoms with Crippen molar-refractivity contribution in [3.05, 3.63) is 48.0 Å². The molecule has 0 saturated heterocycles. The summed E-state index contributed by atoms with van der Waals surface area (Å²) in [6.07, 6.45) is 1.48. The van der Waals surface area contributed by atoms with Gasteiger partial charge in [0.05, 0.1) is 17.7 Å². The van der Waals surface area contributed by atoms with Crippen molar-refractivity contribution in [2.75, 3.05) is 29.8 Å².